The molecule has 0 aromatic rings. The average molecular weight is 268 g/mol. The third-order valence-corrected chi connectivity index (χ3v) is 2.29. The Bertz CT molecular complexity index is 212. The largest absolute Gasteiger partial charge is 2.00 e. The van der Waals surface area contributed by atoms with Crippen molar-refractivity contribution < 1.29 is 22.2 Å². The summed E-state index contributed by atoms with van der Waals surface area (Å²) in [4.78, 5) is 0. The SMILES string of the molecule is C#CCC(C)(O)[C]1[CH][CH][CH][CH]1.[CH]1[CH][CH][CH][CH]1.[Fe+2]. The number of hydrogen-bond acceptors (Lipinski definition) is 1. The molecular weight excluding hydrogens is 252 g/mol. The van der Waals surface area contributed by atoms with Gasteiger partial charge in [0.05, 0.1) is 5.60 Å². The molecule has 0 spiro atoms. The van der Waals surface area contributed by atoms with Gasteiger partial charge in [-0.15, -0.1) is 12.3 Å². The normalized spacial score (nSPS) is 22.9. The van der Waals surface area contributed by atoms with Crippen LogP contribution in [0, 0.1) is 76.0 Å². The van der Waals surface area contributed by atoms with Gasteiger partial charge >= 0.3 is 17.1 Å². The van der Waals surface area contributed by atoms with E-state index in [-0.39, 0.29) is 17.1 Å². The van der Waals surface area contributed by atoms with Gasteiger partial charge in [0.25, 0.3) is 0 Å². The molecule has 0 heterocycles. The van der Waals surface area contributed by atoms with Crippen molar-refractivity contribution in [2.24, 2.45) is 0 Å². The number of terminal acetylenes is 1. The van der Waals surface area contributed by atoms with E-state index in [1.807, 2.05) is 57.8 Å². The van der Waals surface area contributed by atoms with Gasteiger partial charge < -0.3 is 5.11 Å². The molecule has 1 unspecified atom stereocenters. The molecular formula is C15H16FeO+2. The van der Waals surface area contributed by atoms with Crippen LogP contribution < -0.4 is 0 Å². The predicted octanol–water partition coefficient (Wildman–Crippen LogP) is 2.18. The Labute approximate surface area is 117 Å². The summed E-state index contributed by atoms with van der Waals surface area (Å²) in [5, 5.41) is 9.73. The van der Waals surface area contributed by atoms with E-state index >= 15 is 0 Å². The molecule has 0 aromatic heterocycles. The quantitative estimate of drug-likeness (QED) is 0.601. The maximum absolute atomic E-state index is 9.73. The van der Waals surface area contributed by atoms with Crippen molar-refractivity contribution in [3.05, 3.63) is 63.7 Å². The van der Waals surface area contributed by atoms with Crippen molar-refractivity contribution >= 4 is 0 Å². The fourth-order valence-corrected chi connectivity index (χ4v) is 1.35. The van der Waals surface area contributed by atoms with E-state index < -0.39 is 5.60 Å². The van der Waals surface area contributed by atoms with E-state index in [4.69, 9.17) is 6.42 Å². The minimum Gasteiger partial charge on any atom is -0.389 e. The fourth-order valence-electron chi connectivity index (χ4n) is 1.35. The molecule has 0 bridgehead atoms. The summed E-state index contributed by atoms with van der Waals surface area (Å²) >= 11 is 0. The van der Waals surface area contributed by atoms with Crippen molar-refractivity contribution in [2.45, 2.75) is 18.9 Å². The zero-order valence-electron chi connectivity index (χ0n) is 9.78. The standard InChI is InChI=1S/C10H11O.C5H5.Fe/c1-3-8-10(2,11)9-6-4-5-7-9;1-2-4-5-3-1;/h1,4-7,11H,8H2,2H3;1-5H;/q;;+2. The fraction of sp³-hybridized carbons (Fsp3) is 0.200. The van der Waals surface area contributed by atoms with Crippen LogP contribution in [0.2, 0.25) is 0 Å². The Kier molecular flexibility index (Phi) is 9.06. The van der Waals surface area contributed by atoms with Crippen LogP contribution >= 0.6 is 0 Å². The second-order valence-corrected chi connectivity index (χ2v) is 3.79. The summed E-state index contributed by atoms with van der Waals surface area (Å²) < 4.78 is 0. The first kappa shape index (κ1) is 17.0. The van der Waals surface area contributed by atoms with Gasteiger partial charge in [-0.05, 0) is 64.7 Å². The van der Waals surface area contributed by atoms with Crippen LogP contribution in [-0.4, -0.2) is 10.7 Å². The van der Waals surface area contributed by atoms with E-state index in [2.05, 4.69) is 5.92 Å². The van der Waals surface area contributed by atoms with Crippen LogP contribution in [0.5, 0.6) is 0 Å². The van der Waals surface area contributed by atoms with E-state index in [0.29, 0.717) is 6.42 Å². The molecule has 17 heavy (non-hydrogen) atoms. The summed E-state index contributed by atoms with van der Waals surface area (Å²) in [6.07, 6.45) is 23.0. The van der Waals surface area contributed by atoms with Gasteiger partial charge in [0.15, 0.2) is 0 Å². The smallest absolute Gasteiger partial charge is 0.389 e. The molecule has 10 radical (unpaired) electrons. The maximum atomic E-state index is 9.73. The van der Waals surface area contributed by atoms with Crippen molar-refractivity contribution in [1.29, 1.82) is 0 Å². The van der Waals surface area contributed by atoms with Crippen LogP contribution in [0.25, 0.3) is 0 Å². The Hall–Kier alpha value is 0.0395. The monoisotopic (exact) mass is 268 g/mol. The van der Waals surface area contributed by atoms with Crippen LogP contribution in [0.1, 0.15) is 13.3 Å². The first-order valence-corrected chi connectivity index (χ1v) is 5.21. The van der Waals surface area contributed by atoms with Crippen LogP contribution in [0.3, 0.4) is 0 Å². The molecule has 1 nitrogen and oxygen atoms in total. The molecule has 0 aromatic carbocycles. The van der Waals surface area contributed by atoms with E-state index in [0.717, 1.165) is 5.92 Å². The summed E-state index contributed by atoms with van der Waals surface area (Å²) in [7, 11) is 0. The zero-order valence-corrected chi connectivity index (χ0v) is 10.9. The minimum absolute atomic E-state index is 0. The third-order valence-electron chi connectivity index (χ3n) is 2.29. The molecule has 0 amide bonds. The van der Waals surface area contributed by atoms with Crippen molar-refractivity contribution in [3.63, 3.8) is 0 Å². The van der Waals surface area contributed by atoms with Crippen LogP contribution in [0.4, 0.5) is 0 Å². The molecule has 2 rings (SSSR count). The van der Waals surface area contributed by atoms with Gasteiger partial charge in [-0.25, -0.2) is 0 Å². The summed E-state index contributed by atoms with van der Waals surface area (Å²) in [6.45, 7) is 1.72. The van der Waals surface area contributed by atoms with Gasteiger partial charge in [-0.1, -0.05) is 0 Å². The molecule has 2 aliphatic rings. The second kappa shape index (κ2) is 9.03. The molecule has 1 atom stereocenters. The molecule has 88 valence electrons. The molecule has 0 aliphatic heterocycles. The van der Waals surface area contributed by atoms with Gasteiger partial charge in [-0.3, -0.25) is 0 Å². The predicted molar refractivity (Wildman–Crippen MR) is 66.0 cm³/mol. The number of hydrogen-bond donors (Lipinski definition) is 1. The Morgan fingerprint density at radius 1 is 1.06 bits per heavy atom. The molecule has 2 fully saturated rings. The molecule has 1 N–H and O–H groups in total. The molecule has 2 heteroatoms. The molecule has 2 aliphatic carbocycles. The van der Waals surface area contributed by atoms with E-state index in [1.165, 1.54) is 0 Å². The van der Waals surface area contributed by atoms with Gasteiger partial charge in [-0.2, -0.15) is 0 Å². The van der Waals surface area contributed by atoms with Crippen LogP contribution in [0.15, 0.2) is 0 Å². The van der Waals surface area contributed by atoms with Gasteiger partial charge in [0.2, 0.25) is 0 Å². The molecule has 0 saturated heterocycles. The Balaban J connectivity index is 0.000000360. The Morgan fingerprint density at radius 2 is 1.47 bits per heavy atom. The molecule has 2 saturated carbocycles. The minimum atomic E-state index is -0.863. The van der Waals surface area contributed by atoms with E-state index in [1.54, 1.807) is 6.92 Å². The third kappa shape index (κ3) is 6.51. The Morgan fingerprint density at radius 3 is 1.82 bits per heavy atom. The number of rotatable bonds is 2. The average Bonchev–Trinajstić information content (AvgIpc) is 2.95. The summed E-state index contributed by atoms with van der Waals surface area (Å²) in [5.41, 5.74) is -0.863. The maximum Gasteiger partial charge on any atom is 2.00 e. The second-order valence-electron chi connectivity index (χ2n) is 3.79. The first-order chi connectivity index (χ1) is 7.67. The zero-order chi connectivity index (χ0) is 11.9. The first-order valence-electron chi connectivity index (χ1n) is 5.21. The van der Waals surface area contributed by atoms with Crippen molar-refractivity contribution in [3.8, 4) is 12.3 Å². The van der Waals surface area contributed by atoms with Crippen molar-refractivity contribution in [2.75, 3.05) is 0 Å². The van der Waals surface area contributed by atoms with E-state index in [9.17, 15) is 5.11 Å². The van der Waals surface area contributed by atoms with Crippen LogP contribution in [-0.2, 0) is 17.1 Å². The topological polar surface area (TPSA) is 20.2 Å². The number of aliphatic hydroxyl groups is 1. The van der Waals surface area contributed by atoms with Gasteiger partial charge in [0, 0.05) is 12.3 Å². The van der Waals surface area contributed by atoms with Crippen molar-refractivity contribution in [1.82, 2.24) is 0 Å². The summed E-state index contributed by atoms with van der Waals surface area (Å²) in [6, 6.07) is 0. The van der Waals surface area contributed by atoms with Gasteiger partial charge in [0.1, 0.15) is 0 Å². The summed E-state index contributed by atoms with van der Waals surface area (Å²) in [5.74, 6) is 3.33.